The second kappa shape index (κ2) is 6.51. The van der Waals surface area contributed by atoms with Gasteiger partial charge in [-0.05, 0) is 0 Å². The first-order valence-corrected chi connectivity index (χ1v) is 7.77. The van der Waals surface area contributed by atoms with Crippen molar-refractivity contribution in [3.05, 3.63) is 16.1 Å². The van der Waals surface area contributed by atoms with Gasteiger partial charge in [-0.1, -0.05) is 32.6 Å². The Bertz CT molecular complexity index is 456. The van der Waals surface area contributed by atoms with Gasteiger partial charge in [-0.15, -0.1) is 11.3 Å². The highest BCUT2D eigenvalue weighted by Crippen LogP contribution is 2.23. The number of nitrogens with one attached hydrogen (secondary N) is 1. The maximum absolute atomic E-state index is 4.66. The first kappa shape index (κ1) is 14.5. The van der Waals surface area contributed by atoms with E-state index in [0.717, 1.165) is 44.2 Å². The maximum atomic E-state index is 4.66. The fourth-order valence-corrected chi connectivity index (χ4v) is 2.87. The van der Waals surface area contributed by atoms with Gasteiger partial charge in [0.05, 0.1) is 18.7 Å². The van der Waals surface area contributed by atoms with Crippen molar-refractivity contribution < 1.29 is 0 Å². The molecule has 104 valence electrons. The molecule has 19 heavy (non-hydrogen) atoms. The van der Waals surface area contributed by atoms with Crippen molar-refractivity contribution in [2.24, 2.45) is 0 Å². The lowest BCUT2D eigenvalue weighted by atomic mass is 9.93. The number of hydrogen-bond donors (Lipinski definition) is 1. The van der Waals surface area contributed by atoms with Crippen LogP contribution in [0.5, 0.6) is 0 Å². The lowest BCUT2D eigenvalue weighted by Gasteiger charge is -2.24. The number of piperazine rings is 1. The molecule has 0 aliphatic carbocycles. The summed E-state index contributed by atoms with van der Waals surface area (Å²) < 4.78 is 0. The summed E-state index contributed by atoms with van der Waals surface area (Å²) in [5.74, 6) is 6.52. The van der Waals surface area contributed by atoms with Crippen molar-refractivity contribution >= 4 is 11.3 Å². The van der Waals surface area contributed by atoms with E-state index >= 15 is 0 Å². The number of rotatable bonds is 2. The molecule has 1 aliphatic heterocycles. The van der Waals surface area contributed by atoms with Crippen LogP contribution in [0.1, 0.15) is 31.5 Å². The van der Waals surface area contributed by atoms with E-state index in [4.69, 9.17) is 0 Å². The smallest absolute Gasteiger partial charge is 0.105 e. The predicted octanol–water partition coefficient (Wildman–Crippen LogP) is 1.89. The summed E-state index contributed by atoms with van der Waals surface area (Å²) in [6.07, 6.45) is 0.785. The summed E-state index contributed by atoms with van der Waals surface area (Å²) in [5.41, 5.74) is 1.32. The first-order valence-electron chi connectivity index (χ1n) is 6.89. The second-order valence-electron chi connectivity index (χ2n) is 5.93. The Hall–Kier alpha value is -0.890. The summed E-state index contributed by atoms with van der Waals surface area (Å²) in [7, 11) is 0. The molecular weight excluding hydrogens is 254 g/mol. The zero-order chi connectivity index (χ0) is 13.7. The molecule has 2 rings (SSSR count). The molecule has 1 saturated heterocycles. The van der Waals surface area contributed by atoms with Crippen LogP contribution in [-0.4, -0.2) is 42.6 Å². The molecule has 0 radical (unpaired) electrons. The summed E-state index contributed by atoms with van der Waals surface area (Å²) in [6.45, 7) is 11.9. The van der Waals surface area contributed by atoms with Crippen LogP contribution in [-0.2, 0) is 11.8 Å². The molecular formula is C15H23N3S. The third-order valence-corrected chi connectivity index (χ3v) is 4.05. The zero-order valence-electron chi connectivity index (χ0n) is 12.1. The van der Waals surface area contributed by atoms with Gasteiger partial charge in [-0.3, -0.25) is 4.90 Å². The minimum absolute atomic E-state index is 0.142. The molecule has 3 nitrogen and oxygen atoms in total. The number of nitrogens with zero attached hydrogens (tertiary/aromatic N) is 2. The minimum Gasteiger partial charge on any atom is -0.314 e. The molecule has 0 spiro atoms. The molecule has 0 saturated carbocycles. The van der Waals surface area contributed by atoms with E-state index in [0.29, 0.717) is 0 Å². The van der Waals surface area contributed by atoms with Gasteiger partial charge in [0.25, 0.3) is 0 Å². The number of hydrogen-bond acceptors (Lipinski definition) is 4. The van der Waals surface area contributed by atoms with Crippen molar-refractivity contribution in [2.45, 2.75) is 32.6 Å². The first-order chi connectivity index (χ1) is 9.05. The van der Waals surface area contributed by atoms with Crippen LogP contribution < -0.4 is 5.32 Å². The standard InChI is InChI=1S/C15H23N3S/c1-15(2,3)13-12-19-14(17-13)6-4-5-9-18-10-7-16-8-11-18/h12,16H,6-11H2,1-3H3. The van der Waals surface area contributed by atoms with Gasteiger partial charge in [-0.25, -0.2) is 4.98 Å². The van der Waals surface area contributed by atoms with E-state index in [1.165, 1.54) is 5.69 Å². The summed E-state index contributed by atoms with van der Waals surface area (Å²) in [6, 6.07) is 0. The largest absolute Gasteiger partial charge is 0.314 e. The lowest BCUT2D eigenvalue weighted by Crippen LogP contribution is -2.43. The Balaban J connectivity index is 1.80. The number of thiazole rings is 1. The summed E-state index contributed by atoms with van der Waals surface area (Å²) in [5, 5.41) is 6.65. The van der Waals surface area contributed by atoms with Crippen LogP contribution in [0.2, 0.25) is 0 Å². The van der Waals surface area contributed by atoms with Crippen molar-refractivity contribution in [3.63, 3.8) is 0 Å². The summed E-state index contributed by atoms with van der Waals surface area (Å²) in [4.78, 5) is 7.05. The third-order valence-electron chi connectivity index (χ3n) is 3.20. The second-order valence-corrected chi connectivity index (χ2v) is 6.88. The fraction of sp³-hybridized carbons (Fsp3) is 0.667. The molecule has 0 atom stereocenters. The van der Waals surface area contributed by atoms with Crippen LogP contribution in [0.15, 0.2) is 5.38 Å². The molecule has 0 bridgehead atoms. The summed E-state index contributed by atoms with van der Waals surface area (Å²) >= 11 is 1.73. The van der Waals surface area contributed by atoms with Crippen molar-refractivity contribution in [2.75, 3.05) is 32.7 Å². The Kier molecular flexibility index (Phi) is 4.98. The highest BCUT2D eigenvalue weighted by molar-refractivity contribution is 7.09. The van der Waals surface area contributed by atoms with Crippen LogP contribution in [0.25, 0.3) is 0 Å². The molecule has 1 aromatic rings. The van der Waals surface area contributed by atoms with Gasteiger partial charge in [0.2, 0.25) is 0 Å². The fourth-order valence-electron chi connectivity index (χ4n) is 1.91. The average Bonchev–Trinajstić information content (AvgIpc) is 2.85. The molecule has 2 heterocycles. The minimum atomic E-state index is 0.142. The van der Waals surface area contributed by atoms with Gasteiger partial charge >= 0.3 is 0 Å². The van der Waals surface area contributed by atoms with Crippen LogP contribution in [0, 0.1) is 11.8 Å². The monoisotopic (exact) mass is 277 g/mol. The molecule has 1 N–H and O–H groups in total. The third kappa shape index (κ3) is 4.61. The van der Waals surface area contributed by atoms with Crippen LogP contribution in [0.4, 0.5) is 0 Å². The molecule has 1 fully saturated rings. The highest BCUT2D eigenvalue weighted by Gasteiger charge is 2.16. The van der Waals surface area contributed by atoms with E-state index in [-0.39, 0.29) is 5.41 Å². The van der Waals surface area contributed by atoms with Crippen molar-refractivity contribution in [1.82, 2.24) is 15.2 Å². The molecule has 1 aliphatic rings. The van der Waals surface area contributed by atoms with Gasteiger partial charge in [0.1, 0.15) is 5.01 Å². The average molecular weight is 277 g/mol. The van der Waals surface area contributed by atoms with E-state index in [2.05, 4.69) is 53.2 Å². The molecule has 0 unspecified atom stereocenters. The molecule has 0 aromatic carbocycles. The predicted molar refractivity (Wildman–Crippen MR) is 81.6 cm³/mol. The van der Waals surface area contributed by atoms with Gasteiger partial charge in [-0.2, -0.15) is 0 Å². The van der Waals surface area contributed by atoms with Crippen LogP contribution >= 0.6 is 11.3 Å². The maximum Gasteiger partial charge on any atom is 0.105 e. The Labute approximate surface area is 120 Å². The molecule has 1 aromatic heterocycles. The van der Waals surface area contributed by atoms with Gasteiger partial charge in [0, 0.05) is 37.0 Å². The highest BCUT2D eigenvalue weighted by atomic mass is 32.1. The molecule has 0 amide bonds. The van der Waals surface area contributed by atoms with Crippen molar-refractivity contribution in [3.8, 4) is 11.8 Å². The molecule has 4 heteroatoms. The van der Waals surface area contributed by atoms with E-state index in [9.17, 15) is 0 Å². The normalized spacial score (nSPS) is 17.0. The SMILES string of the molecule is CC(C)(C)c1csc(CC#CCN2CCNCC2)n1. The van der Waals surface area contributed by atoms with Gasteiger partial charge in [0.15, 0.2) is 0 Å². The lowest BCUT2D eigenvalue weighted by molar-refractivity contribution is 0.268. The van der Waals surface area contributed by atoms with Gasteiger partial charge < -0.3 is 5.32 Å². The van der Waals surface area contributed by atoms with E-state index < -0.39 is 0 Å². The quantitative estimate of drug-likeness (QED) is 0.837. The van der Waals surface area contributed by atoms with Crippen LogP contribution in [0.3, 0.4) is 0 Å². The topological polar surface area (TPSA) is 28.2 Å². The van der Waals surface area contributed by atoms with E-state index in [1.54, 1.807) is 11.3 Å². The van der Waals surface area contributed by atoms with Crippen molar-refractivity contribution in [1.29, 1.82) is 0 Å². The Morgan fingerprint density at radius 2 is 2.05 bits per heavy atom. The Morgan fingerprint density at radius 3 is 2.68 bits per heavy atom. The Morgan fingerprint density at radius 1 is 1.32 bits per heavy atom. The number of aromatic nitrogens is 1. The van der Waals surface area contributed by atoms with E-state index in [1.807, 2.05) is 0 Å². The zero-order valence-corrected chi connectivity index (χ0v) is 12.9.